The molecule has 0 saturated carbocycles. The normalized spacial score (nSPS) is 17.7. The zero-order chi connectivity index (χ0) is 19.6. The van der Waals surface area contributed by atoms with Gasteiger partial charge in [-0.3, -0.25) is 9.48 Å². The van der Waals surface area contributed by atoms with Gasteiger partial charge in [-0.15, -0.1) is 10.2 Å². The first-order chi connectivity index (χ1) is 12.9. The highest BCUT2D eigenvalue weighted by Gasteiger charge is 2.30. The lowest BCUT2D eigenvalue weighted by Crippen LogP contribution is -2.40. The number of carbonyl (C=O) groups excluding carboxylic acids is 1. The molecule has 3 rings (SSSR count). The highest BCUT2D eigenvalue weighted by Crippen LogP contribution is 2.27. The Balaban J connectivity index is 1.74. The molecule has 0 radical (unpaired) electrons. The zero-order valence-corrected chi connectivity index (χ0v) is 17.1. The third kappa shape index (κ3) is 4.05. The van der Waals surface area contributed by atoms with Crippen LogP contribution in [0.3, 0.4) is 0 Å². The molecular weight excluding hydrogens is 342 g/mol. The predicted molar refractivity (Wildman–Crippen MR) is 104 cm³/mol. The summed E-state index contributed by atoms with van der Waals surface area (Å²) < 4.78 is 4.01. The van der Waals surface area contributed by atoms with E-state index in [2.05, 4.69) is 31.7 Å². The average Bonchev–Trinajstić information content (AvgIpc) is 3.18. The number of hydrogen-bond acceptors (Lipinski definition) is 5. The molecule has 0 spiro atoms. The highest BCUT2D eigenvalue weighted by molar-refractivity contribution is 5.95. The first-order valence-corrected chi connectivity index (χ1v) is 9.77. The molecule has 1 amide bonds. The Hall–Kier alpha value is -2.22. The molecule has 1 atom stereocenters. The van der Waals surface area contributed by atoms with Crippen molar-refractivity contribution in [2.75, 3.05) is 27.2 Å². The molecular formula is C19H31N7O. The van der Waals surface area contributed by atoms with Gasteiger partial charge in [0.15, 0.2) is 0 Å². The van der Waals surface area contributed by atoms with Crippen molar-refractivity contribution in [2.45, 2.75) is 52.1 Å². The molecule has 148 valence electrons. The van der Waals surface area contributed by atoms with E-state index in [1.165, 1.54) is 0 Å². The van der Waals surface area contributed by atoms with Crippen molar-refractivity contribution in [3.05, 3.63) is 29.1 Å². The quantitative estimate of drug-likeness (QED) is 0.772. The fourth-order valence-electron chi connectivity index (χ4n) is 3.79. The van der Waals surface area contributed by atoms with E-state index in [0.717, 1.165) is 61.8 Å². The van der Waals surface area contributed by atoms with Crippen LogP contribution < -0.4 is 0 Å². The van der Waals surface area contributed by atoms with E-state index in [0.29, 0.717) is 6.54 Å². The van der Waals surface area contributed by atoms with Crippen molar-refractivity contribution >= 4 is 5.91 Å². The lowest BCUT2D eigenvalue weighted by molar-refractivity contribution is 0.0702. The second kappa shape index (κ2) is 8.21. The first-order valence-electron chi connectivity index (χ1n) is 9.77. The van der Waals surface area contributed by atoms with Crippen molar-refractivity contribution in [3.63, 3.8) is 0 Å². The smallest absolute Gasteiger partial charge is 0.257 e. The van der Waals surface area contributed by atoms with Crippen molar-refractivity contribution in [2.24, 2.45) is 7.05 Å². The summed E-state index contributed by atoms with van der Waals surface area (Å²) in [6.45, 7) is 7.17. The Kier molecular flexibility index (Phi) is 5.94. The number of hydrogen-bond donors (Lipinski definition) is 0. The summed E-state index contributed by atoms with van der Waals surface area (Å²) in [5.41, 5.74) is 1.67. The summed E-state index contributed by atoms with van der Waals surface area (Å²) in [5.74, 6) is 2.23. The van der Waals surface area contributed by atoms with Gasteiger partial charge in [0.1, 0.15) is 11.6 Å². The predicted octanol–water partition coefficient (Wildman–Crippen LogP) is 1.81. The van der Waals surface area contributed by atoms with E-state index in [1.54, 1.807) is 6.20 Å². The fraction of sp³-hybridized carbons (Fsp3) is 0.684. The molecule has 2 aromatic heterocycles. The minimum Gasteiger partial charge on any atom is -0.338 e. The number of nitrogens with zero attached hydrogens (tertiary/aromatic N) is 7. The van der Waals surface area contributed by atoms with E-state index >= 15 is 0 Å². The van der Waals surface area contributed by atoms with E-state index < -0.39 is 0 Å². The summed E-state index contributed by atoms with van der Waals surface area (Å²) in [6, 6.07) is 0. The van der Waals surface area contributed by atoms with Crippen LogP contribution in [0.2, 0.25) is 0 Å². The van der Waals surface area contributed by atoms with Crippen molar-refractivity contribution in [1.82, 2.24) is 34.3 Å². The largest absolute Gasteiger partial charge is 0.338 e. The van der Waals surface area contributed by atoms with E-state index in [9.17, 15) is 4.79 Å². The van der Waals surface area contributed by atoms with Crippen molar-refractivity contribution < 1.29 is 4.79 Å². The Labute approximate surface area is 161 Å². The van der Waals surface area contributed by atoms with Gasteiger partial charge < -0.3 is 14.4 Å². The number of rotatable bonds is 6. The molecule has 0 aliphatic carbocycles. The standard InChI is InChI=1S/C19H31N7O/c1-6-9-26-14(2)16(11-20-26)19(27)25-10-7-8-15(12-25)18-22-21-17(24(18)5)13-23(3)4/h11,15H,6-10,12-13H2,1-5H3/t15-/m1/s1. The van der Waals surface area contributed by atoms with Gasteiger partial charge in [0.25, 0.3) is 5.91 Å². The highest BCUT2D eigenvalue weighted by atomic mass is 16.2. The molecule has 0 N–H and O–H groups in total. The Morgan fingerprint density at radius 1 is 1.33 bits per heavy atom. The SMILES string of the molecule is CCCn1ncc(C(=O)N2CCC[C@@H](c3nnc(CN(C)C)n3C)C2)c1C. The van der Waals surface area contributed by atoms with Gasteiger partial charge in [0.05, 0.1) is 18.3 Å². The number of carbonyl (C=O) groups is 1. The van der Waals surface area contributed by atoms with Crippen molar-refractivity contribution in [3.8, 4) is 0 Å². The second-order valence-electron chi connectivity index (χ2n) is 7.73. The molecule has 0 unspecified atom stereocenters. The van der Waals surface area contributed by atoms with Crippen LogP contribution in [-0.2, 0) is 20.1 Å². The molecule has 1 saturated heterocycles. The van der Waals surface area contributed by atoms with Crippen LogP contribution in [0.25, 0.3) is 0 Å². The molecule has 1 fully saturated rings. The molecule has 8 nitrogen and oxygen atoms in total. The number of piperidine rings is 1. The summed E-state index contributed by atoms with van der Waals surface area (Å²) in [6.07, 6.45) is 4.73. The lowest BCUT2D eigenvalue weighted by Gasteiger charge is -2.32. The maximum Gasteiger partial charge on any atom is 0.257 e. The molecule has 1 aliphatic rings. The maximum atomic E-state index is 13.1. The van der Waals surface area contributed by atoms with Gasteiger partial charge >= 0.3 is 0 Å². The van der Waals surface area contributed by atoms with Crippen LogP contribution in [0.1, 0.15) is 59.8 Å². The van der Waals surface area contributed by atoms with E-state index in [4.69, 9.17) is 0 Å². The lowest BCUT2D eigenvalue weighted by atomic mass is 9.96. The Bertz CT molecular complexity index is 792. The maximum absolute atomic E-state index is 13.1. The number of aromatic nitrogens is 5. The van der Waals surface area contributed by atoms with Crippen molar-refractivity contribution in [1.29, 1.82) is 0 Å². The first kappa shape index (κ1) is 19.5. The molecule has 2 aromatic rings. The monoisotopic (exact) mass is 373 g/mol. The third-order valence-corrected chi connectivity index (χ3v) is 5.30. The van der Waals surface area contributed by atoms with Gasteiger partial charge in [0, 0.05) is 38.3 Å². The number of aryl methyl sites for hydroxylation is 1. The van der Waals surface area contributed by atoms with E-state index in [-0.39, 0.29) is 11.8 Å². The fourth-order valence-corrected chi connectivity index (χ4v) is 3.79. The average molecular weight is 374 g/mol. The van der Waals surface area contributed by atoms with Crippen LogP contribution in [-0.4, -0.2) is 67.4 Å². The number of likely N-dealkylation sites (tertiary alicyclic amines) is 1. The van der Waals surface area contributed by atoms with Crippen LogP contribution in [0.15, 0.2) is 6.20 Å². The molecule has 0 bridgehead atoms. The third-order valence-electron chi connectivity index (χ3n) is 5.30. The zero-order valence-electron chi connectivity index (χ0n) is 17.1. The number of amides is 1. The molecule has 3 heterocycles. The molecule has 1 aliphatic heterocycles. The minimum absolute atomic E-state index is 0.0789. The molecule has 27 heavy (non-hydrogen) atoms. The molecule has 0 aromatic carbocycles. The topological polar surface area (TPSA) is 72.1 Å². The van der Waals surface area contributed by atoms with Gasteiger partial charge in [-0.1, -0.05) is 6.92 Å². The van der Waals surface area contributed by atoms with Gasteiger partial charge in [-0.25, -0.2) is 0 Å². The second-order valence-corrected chi connectivity index (χ2v) is 7.73. The Morgan fingerprint density at radius 2 is 2.11 bits per heavy atom. The van der Waals surface area contributed by atoms with Gasteiger partial charge in [-0.2, -0.15) is 5.10 Å². The van der Waals surface area contributed by atoms with Crippen LogP contribution in [0.4, 0.5) is 0 Å². The molecule has 8 heteroatoms. The van der Waals surface area contributed by atoms with E-state index in [1.807, 2.05) is 37.6 Å². The summed E-state index contributed by atoms with van der Waals surface area (Å²) >= 11 is 0. The summed E-state index contributed by atoms with van der Waals surface area (Å²) in [7, 11) is 6.07. The van der Waals surface area contributed by atoms with Crippen LogP contribution in [0, 0.1) is 6.92 Å². The Morgan fingerprint density at radius 3 is 2.81 bits per heavy atom. The van der Waals surface area contributed by atoms with Crippen LogP contribution >= 0.6 is 0 Å². The summed E-state index contributed by atoms with van der Waals surface area (Å²) in [5, 5.41) is 13.2. The summed E-state index contributed by atoms with van der Waals surface area (Å²) in [4.78, 5) is 17.1. The van der Waals surface area contributed by atoms with Gasteiger partial charge in [0.2, 0.25) is 0 Å². The van der Waals surface area contributed by atoms with Gasteiger partial charge in [-0.05, 0) is 40.3 Å². The minimum atomic E-state index is 0.0789. The van der Waals surface area contributed by atoms with Crippen LogP contribution in [0.5, 0.6) is 0 Å².